The lowest BCUT2D eigenvalue weighted by molar-refractivity contribution is 0.638. The fraction of sp³-hybridized carbons (Fsp3) is 0.400. The molecule has 0 saturated carbocycles. The van der Waals surface area contributed by atoms with Crippen molar-refractivity contribution in [3.8, 4) is 0 Å². The van der Waals surface area contributed by atoms with Crippen molar-refractivity contribution in [3.05, 3.63) is 50.8 Å². The first-order chi connectivity index (χ1) is 9.43. The average molecular weight is 312 g/mol. The molecule has 108 valence electrons. The lowest BCUT2D eigenvalue weighted by Gasteiger charge is -2.14. The number of hydrogen-bond acceptors (Lipinski definition) is 2. The largest absolute Gasteiger partial charge is 0.324 e. The summed E-state index contributed by atoms with van der Waals surface area (Å²) in [6.45, 7) is 4.02. The average Bonchev–Trinajstić information content (AvgIpc) is 2.69. The number of aromatic nitrogens is 2. The Bertz CT molecular complexity index is 620. The van der Waals surface area contributed by atoms with E-state index in [2.05, 4.69) is 5.10 Å². The first-order valence-corrected chi connectivity index (χ1v) is 7.41. The van der Waals surface area contributed by atoms with Gasteiger partial charge in [-0.25, -0.2) is 0 Å². The second kappa shape index (κ2) is 6.17. The molecule has 0 aliphatic rings. The van der Waals surface area contributed by atoms with Crippen molar-refractivity contribution in [1.29, 1.82) is 0 Å². The maximum atomic E-state index is 6.36. The minimum Gasteiger partial charge on any atom is -0.324 e. The molecule has 0 aliphatic carbocycles. The normalized spacial score (nSPS) is 12.7. The molecule has 20 heavy (non-hydrogen) atoms. The van der Waals surface area contributed by atoms with Crippen molar-refractivity contribution < 1.29 is 0 Å². The van der Waals surface area contributed by atoms with Gasteiger partial charge in [-0.05, 0) is 30.5 Å². The SMILES string of the molecule is CCc1nn(C)c(CC(N)c2ccc(Cl)c(C)c2)c1Cl. The number of hydrogen-bond donors (Lipinski definition) is 1. The van der Waals surface area contributed by atoms with E-state index in [-0.39, 0.29) is 6.04 Å². The van der Waals surface area contributed by atoms with Gasteiger partial charge in [-0.3, -0.25) is 4.68 Å². The topological polar surface area (TPSA) is 43.8 Å². The molecular weight excluding hydrogens is 293 g/mol. The van der Waals surface area contributed by atoms with Gasteiger partial charge in [0.25, 0.3) is 0 Å². The summed E-state index contributed by atoms with van der Waals surface area (Å²) in [5.41, 5.74) is 10.3. The van der Waals surface area contributed by atoms with Crippen LogP contribution < -0.4 is 5.73 Å². The van der Waals surface area contributed by atoms with E-state index >= 15 is 0 Å². The van der Waals surface area contributed by atoms with Crippen LogP contribution in [0.2, 0.25) is 10.0 Å². The van der Waals surface area contributed by atoms with Crippen molar-refractivity contribution in [3.63, 3.8) is 0 Å². The zero-order chi connectivity index (χ0) is 14.9. The summed E-state index contributed by atoms with van der Waals surface area (Å²) in [5, 5.41) is 5.90. The second-order valence-corrected chi connectivity index (χ2v) is 5.79. The summed E-state index contributed by atoms with van der Waals surface area (Å²) in [5.74, 6) is 0. The zero-order valence-electron chi connectivity index (χ0n) is 12.0. The number of nitrogens with zero attached hydrogens (tertiary/aromatic N) is 2. The first-order valence-electron chi connectivity index (χ1n) is 6.65. The highest BCUT2D eigenvalue weighted by Crippen LogP contribution is 2.26. The van der Waals surface area contributed by atoms with E-state index < -0.39 is 0 Å². The second-order valence-electron chi connectivity index (χ2n) is 5.00. The van der Waals surface area contributed by atoms with Crippen LogP contribution in [0.5, 0.6) is 0 Å². The van der Waals surface area contributed by atoms with Crippen LogP contribution in [-0.2, 0) is 19.9 Å². The van der Waals surface area contributed by atoms with E-state index in [0.717, 1.165) is 39.0 Å². The van der Waals surface area contributed by atoms with Crippen molar-refractivity contribution in [1.82, 2.24) is 9.78 Å². The van der Waals surface area contributed by atoms with Crippen LogP contribution in [0.1, 0.15) is 35.5 Å². The fourth-order valence-corrected chi connectivity index (χ4v) is 2.75. The summed E-state index contributed by atoms with van der Waals surface area (Å²) in [7, 11) is 1.90. The van der Waals surface area contributed by atoms with Crippen LogP contribution in [0.4, 0.5) is 0 Å². The molecule has 2 aromatic rings. The third kappa shape index (κ3) is 3.00. The summed E-state index contributed by atoms with van der Waals surface area (Å²) in [6, 6.07) is 5.75. The minimum atomic E-state index is -0.122. The number of rotatable bonds is 4. The fourth-order valence-electron chi connectivity index (χ4n) is 2.27. The Morgan fingerprint density at radius 2 is 2.05 bits per heavy atom. The van der Waals surface area contributed by atoms with Gasteiger partial charge in [-0.2, -0.15) is 5.10 Å². The molecule has 2 N–H and O–H groups in total. The molecule has 0 radical (unpaired) electrons. The van der Waals surface area contributed by atoms with E-state index in [9.17, 15) is 0 Å². The Kier molecular flexibility index (Phi) is 4.74. The number of nitrogens with two attached hydrogens (primary N) is 1. The Morgan fingerprint density at radius 3 is 2.60 bits per heavy atom. The summed E-state index contributed by atoms with van der Waals surface area (Å²) < 4.78 is 1.82. The zero-order valence-corrected chi connectivity index (χ0v) is 13.5. The molecule has 0 saturated heterocycles. The smallest absolute Gasteiger partial charge is 0.0850 e. The van der Waals surface area contributed by atoms with E-state index in [1.165, 1.54) is 0 Å². The molecule has 5 heteroatoms. The van der Waals surface area contributed by atoms with Crippen LogP contribution in [0, 0.1) is 6.92 Å². The third-order valence-corrected chi connectivity index (χ3v) is 4.39. The predicted octanol–water partition coefficient (Wildman–Crippen LogP) is 3.84. The molecule has 1 unspecified atom stereocenters. The van der Waals surface area contributed by atoms with Crippen molar-refractivity contribution in [2.75, 3.05) is 0 Å². The summed E-state index contributed by atoms with van der Waals surface area (Å²) >= 11 is 12.4. The Morgan fingerprint density at radius 1 is 1.35 bits per heavy atom. The summed E-state index contributed by atoms with van der Waals surface area (Å²) in [4.78, 5) is 0. The van der Waals surface area contributed by atoms with Gasteiger partial charge in [0.1, 0.15) is 0 Å². The highest BCUT2D eigenvalue weighted by atomic mass is 35.5. The van der Waals surface area contributed by atoms with Crippen LogP contribution in [-0.4, -0.2) is 9.78 Å². The van der Waals surface area contributed by atoms with E-state index in [1.54, 1.807) is 0 Å². The lowest BCUT2D eigenvalue weighted by Crippen LogP contribution is -2.15. The van der Waals surface area contributed by atoms with E-state index in [1.807, 2.05) is 43.8 Å². The van der Waals surface area contributed by atoms with Crippen LogP contribution >= 0.6 is 23.2 Å². The first kappa shape index (κ1) is 15.4. The maximum absolute atomic E-state index is 6.36. The maximum Gasteiger partial charge on any atom is 0.0850 e. The van der Waals surface area contributed by atoms with E-state index in [4.69, 9.17) is 28.9 Å². The molecule has 0 aliphatic heterocycles. The van der Waals surface area contributed by atoms with Crippen LogP contribution in [0.15, 0.2) is 18.2 Å². The van der Waals surface area contributed by atoms with Gasteiger partial charge in [0, 0.05) is 24.5 Å². The van der Waals surface area contributed by atoms with Gasteiger partial charge in [-0.1, -0.05) is 42.3 Å². The number of benzene rings is 1. The Labute approximate surface area is 129 Å². The third-order valence-electron chi connectivity index (χ3n) is 3.53. The molecule has 3 nitrogen and oxygen atoms in total. The molecule has 0 fully saturated rings. The molecule has 1 aromatic heterocycles. The lowest BCUT2D eigenvalue weighted by atomic mass is 10.0. The standard InChI is InChI=1S/C15H19Cl2N3/c1-4-13-15(17)14(20(3)19-13)8-12(18)10-5-6-11(16)9(2)7-10/h5-7,12H,4,8,18H2,1-3H3. The van der Waals surface area contributed by atoms with Crippen molar-refractivity contribution in [2.45, 2.75) is 32.7 Å². The molecule has 1 heterocycles. The molecule has 1 aromatic carbocycles. The van der Waals surface area contributed by atoms with Crippen molar-refractivity contribution in [2.24, 2.45) is 12.8 Å². The molecule has 2 rings (SSSR count). The summed E-state index contributed by atoms with van der Waals surface area (Å²) in [6.07, 6.45) is 1.48. The predicted molar refractivity (Wildman–Crippen MR) is 84.4 cm³/mol. The molecular formula is C15H19Cl2N3. The number of halogens is 2. The Hall–Kier alpha value is -1.03. The van der Waals surface area contributed by atoms with Crippen LogP contribution in [0.25, 0.3) is 0 Å². The van der Waals surface area contributed by atoms with Crippen molar-refractivity contribution >= 4 is 23.2 Å². The van der Waals surface area contributed by atoms with E-state index in [0.29, 0.717) is 6.42 Å². The van der Waals surface area contributed by atoms with Gasteiger partial charge in [-0.15, -0.1) is 0 Å². The Balaban J connectivity index is 2.25. The van der Waals surface area contributed by atoms with Gasteiger partial charge < -0.3 is 5.73 Å². The van der Waals surface area contributed by atoms with Gasteiger partial charge in [0.15, 0.2) is 0 Å². The van der Waals surface area contributed by atoms with Crippen LogP contribution in [0.3, 0.4) is 0 Å². The van der Waals surface area contributed by atoms with Gasteiger partial charge >= 0.3 is 0 Å². The molecule has 0 amide bonds. The molecule has 0 spiro atoms. The monoisotopic (exact) mass is 311 g/mol. The highest BCUT2D eigenvalue weighted by Gasteiger charge is 2.17. The highest BCUT2D eigenvalue weighted by molar-refractivity contribution is 6.32. The number of aryl methyl sites for hydroxylation is 3. The molecule has 0 bridgehead atoms. The quantitative estimate of drug-likeness (QED) is 0.932. The van der Waals surface area contributed by atoms with Gasteiger partial charge in [0.05, 0.1) is 16.4 Å². The minimum absolute atomic E-state index is 0.122. The molecule has 1 atom stereocenters. The van der Waals surface area contributed by atoms with Gasteiger partial charge in [0.2, 0.25) is 0 Å².